The number of rotatable bonds is 11. The first-order valence-electron chi connectivity index (χ1n) is 10.7. The van der Waals surface area contributed by atoms with Crippen LogP contribution in [0.4, 0.5) is 5.69 Å². The van der Waals surface area contributed by atoms with Gasteiger partial charge in [0.15, 0.2) is 5.75 Å². The minimum atomic E-state index is -0.540. The molecule has 0 aromatic heterocycles. The van der Waals surface area contributed by atoms with E-state index in [-0.39, 0.29) is 36.9 Å². The summed E-state index contributed by atoms with van der Waals surface area (Å²) in [4.78, 5) is 35.0. The van der Waals surface area contributed by atoms with Gasteiger partial charge in [0.25, 0.3) is 5.91 Å². The van der Waals surface area contributed by atoms with Gasteiger partial charge >= 0.3 is 5.69 Å². The molecule has 3 aromatic rings. The molecular formula is C25H24N4O6. The van der Waals surface area contributed by atoms with Crippen molar-refractivity contribution >= 4 is 23.7 Å². The Morgan fingerprint density at radius 2 is 1.80 bits per heavy atom. The van der Waals surface area contributed by atoms with E-state index >= 15 is 0 Å². The maximum Gasteiger partial charge on any atom is 0.311 e. The average molecular weight is 476 g/mol. The second kappa shape index (κ2) is 12.5. The van der Waals surface area contributed by atoms with E-state index in [0.717, 1.165) is 5.56 Å². The molecular weight excluding hydrogens is 452 g/mol. The Morgan fingerprint density at radius 1 is 1.06 bits per heavy atom. The molecule has 180 valence electrons. The molecule has 0 heterocycles. The van der Waals surface area contributed by atoms with Crippen LogP contribution in [0.2, 0.25) is 0 Å². The lowest BCUT2D eigenvalue weighted by Crippen LogP contribution is -2.29. The molecule has 0 unspecified atom stereocenters. The highest BCUT2D eigenvalue weighted by molar-refractivity contribution is 5.94. The lowest BCUT2D eigenvalue weighted by atomic mass is 10.2. The van der Waals surface area contributed by atoms with Gasteiger partial charge in [0.2, 0.25) is 5.91 Å². The number of ether oxygens (including phenoxy) is 2. The first-order valence-corrected chi connectivity index (χ1v) is 10.7. The largest absolute Gasteiger partial charge is 0.497 e. The number of nitro groups is 1. The molecule has 3 rings (SSSR count). The number of amides is 2. The predicted octanol–water partition coefficient (Wildman–Crippen LogP) is 3.45. The zero-order chi connectivity index (χ0) is 25.0. The third kappa shape index (κ3) is 7.67. The maximum absolute atomic E-state index is 12.1. The van der Waals surface area contributed by atoms with Crippen molar-refractivity contribution < 1.29 is 24.0 Å². The summed E-state index contributed by atoms with van der Waals surface area (Å²) in [6, 6.07) is 20.3. The van der Waals surface area contributed by atoms with Crippen LogP contribution in [-0.2, 0) is 11.4 Å². The summed E-state index contributed by atoms with van der Waals surface area (Å²) in [7, 11) is 1.54. The van der Waals surface area contributed by atoms with E-state index in [1.807, 2.05) is 30.3 Å². The smallest absolute Gasteiger partial charge is 0.311 e. The molecule has 0 fully saturated rings. The van der Waals surface area contributed by atoms with Crippen molar-refractivity contribution in [2.45, 2.75) is 13.0 Å². The molecule has 2 N–H and O–H groups in total. The Morgan fingerprint density at radius 3 is 2.49 bits per heavy atom. The molecule has 0 aliphatic rings. The summed E-state index contributed by atoms with van der Waals surface area (Å²) in [5.74, 6) is 0.0329. The predicted molar refractivity (Wildman–Crippen MR) is 130 cm³/mol. The van der Waals surface area contributed by atoms with Crippen molar-refractivity contribution in [2.75, 3.05) is 13.7 Å². The van der Waals surface area contributed by atoms with Gasteiger partial charge in [-0.2, -0.15) is 5.10 Å². The van der Waals surface area contributed by atoms with Gasteiger partial charge in [-0.15, -0.1) is 0 Å². The summed E-state index contributed by atoms with van der Waals surface area (Å²) in [5.41, 5.74) is 3.87. The third-order valence-electron chi connectivity index (χ3n) is 4.81. The first kappa shape index (κ1) is 24.9. The van der Waals surface area contributed by atoms with E-state index < -0.39 is 10.8 Å². The number of hydrogen-bond donors (Lipinski definition) is 2. The summed E-state index contributed by atoms with van der Waals surface area (Å²) >= 11 is 0. The highest BCUT2D eigenvalue weighted by Crippen LogP contribution is 2.28. The SMILES string of the molecule is COc1ccc(C(=O)NCCC(=O)NN=Cc2ccc(OCc3ccccc3)c([N+](=O)[O-])c2)cc1. The van der Waals surface area contributed by atoms with Gasteiger partial charge in [-0.1, -0.05) is 30.3 Å². The number of carbonyl (C=O) groups is 2. The van der Waals surface area contributed by atoms with Crippen LogP contribution >= 0.6 is 0 Å². The van der Waals surface area contributed by atoms with Crippen molar-refractivity contribution in [1.29, 1.82) is 0 Å². The Hall–Kier alpha value is -4.73. The topological polar surface area (TPSA) is 132 Å². The molecule has 0 saturated carbocycles. The molecule has 10 heteroatoms. The number of nitrogens with zero attached hydrogens (tertiary/aromatic N) is 2. The minimum absolute atomic E-state index is 0.00560. The molecule has 2 amide bonds. The molecule has 0 aliphatic heterocycles. The molecule has 0 saturated heterocycles. The average Bonchev–Trinajstić information content (AvgIpc) is 2.88. The lowest BCUT2D eigenvalue weighted by molar-refractivity contribution is -0.385. The van der Waals surface area contributed by atoms with Gasteiger partial charge < -0.3 is 14.8 Å². The highest BCUT2D eigenvalue weighted by atomic mass is 16.6. The van der Waals surface area contributed by atoms with E-state index in [1.54, 1.807) is 30.3 Å². The number of nitro benzene ring substituents is 1. The first-order chi connectivity index (χ1) is 17.0. The Bertz CT molecular complexity index is 1200. The summed E-state index contributed by atoms with van der Waals surface area (Å²) < 4.78 is 10.6. The number of methoxy groups -OCH3 is 1. The van der Waals surface area contributed by atoms with Crippen LogP contribution in [0, 0.1) is 10.1 Å². The maximum atomic E-state index is 12.1. The lowest BCUT2D eigenvalue weighted by Gasteiger charge is -2.07. The number of hydrazone groups is 1. The molecule has 3 aromatic carbocycles. The summed E-state index contributed by atoms with van der Waals surface area (Å²) in [6.45, 7) is 0.311. The van der Waals surface area contributed by atoms with E-state index in [4.69, 9.17) is 9.47 Å². The highest BCUT2D eigenvalue weighted by Gasteiger charge is 2.16. The second-order valence-electron chi connectivity index (χ2n) is 7.29. The minimum Gasteiger partial charge on any atom is -0.497 e. The van der Waals surface area contributed by atoms with Gasteiger partial charge in [0, 0.05) is 30.2 Å². The zero-order valence-corrected chi connectivity index (χ0v) is 19.0. The van der Waals surface area contributed by atoms with Crippen LogP contribution in [0.5, 0.6) is 11.5 Å². The molecule has 0 bridgehead atoms. The van der Waals surface area contributed by atoms with Crippen LogP contribution in [0.3, 0.4) is 0 Å². The van der Waals surface area contributed by atoms with Gasteiger partial charge in [0.05, 0.1) is 18.2 Å². The Balaban J connectivity index is 1.47. The van der Waals surface area contributed by atoms with Gasteiger partial charge in [0.1, 0.15) is 12.4 Å². The summed E-state index contributed by atoms with van der Waals surface area (Å²) in [5, 5.41) is 17.9. The van der Waals surface area contributed by atoms with Crippen LogP contribution in [0.1, 0.15) is 27.9 Å². The number of nitrogens with one attached hydrogen (secondary N) is 2. The standard InChI is InChI=1S/C25H24N4O6/c1-34-21-10-8-20(9-11-21)25(31)26-14-13-24(30)28-27-16-19-7-12-23(22(15-19)29(32)33)35-17-18-5-3-2-4-6-18/h2-12,15-16H,13-14,17H2,1H3,(H,26,31)(H,28,30). The van der Waals surface area contributed by atoms with Crippen LogP contribution in [0.25, 0.3) is 0 Å². The zero-order valence-electron chi connectivity index (χ0n) is 19.0. The van der Waals surface area contributed by atoms with Crippen LogP contribution in [-0.4, -0.2) is 36.6 Å². The molecule has 10 nitrogen and oxygen atoms in total. The normalized spacial score (nSPS) is 10.5. The molecule has 35 heavy (non-hydrogen) atoms. The number of benzene rings is 3. The van der Waals surface area contributed by atoms with Crippen molar-refractivity contribution in [2.24, 2.45) is 5.10 Å². The Labute approximate surface area is 201 Å². The van der Waals surface area contributed by atoms with Gasteiger partial charge in [-0.05, 0) is 42.0 Å². The summed E-state index contributed by atoms with van der Waals surface area (Å²) in [6.07, 6.45) is 1.30. The monoisotopic (exact) mass is 476 g/mol. The fourth-order valence-corrected chi connectivity index (χ4v) is 2.98. The van der Waals surface area contributed by atoms with Gasteiger partial charge in [-0.3, -0.25) is 19.7 Å². The Kier molecular flexibility index (Phi) is 8.89. The molecule has 0 spiro atoms. The second-order valence-corrected chi connectivity index (χ2v) is 7.29. The van der Waals surface area contributed by atoms with Crippen LogP contribution < -0.4 is 20.2 Å². The molecule has 0 aliphatic carbocycles. The molecule has 0 atom stereocenters. The van der Waals surface area contributed by atoms with Crippen molar-refractivity contribution in [3.8, 4) is 11.5 Å². The van der Waals surface area contributed by atoms with E-state index in [1.165, 1.54) is 25.5 Å². The van der Waals surface area contributed by atoms with E-state index in [2.05, 4.69) is 15.8 Å². The van der Waals surface area contributed by atoms with E-state index in [9.17, 15) is 19.7 Å². The number of carbonyl (C=O) groups excluding carboxylic acids is 2. The fraction of sp³-hybridized carbons (Fsp3) is 0.160. The quantitative estimate of drug-likeness (QED) is 0.247. The fourth-order valence-electron chi connectivity index (χ4n) is 2.98. The number of hydrogen-bond acceptors (Lipinski definition) is 7. The van der Waals surface area contributed by atoms with Crippen molar-refractivity contribution in [3.05, 3.63) is 99.6 Å². The van der Waals surface area contributed by atoms with Gasteiger partial charge in [-0.25, -0.2) is 5.43 Å². The third-order valence-corrected chi connectivity index (χ3v) is 4.81. The van der Waals surface area contributed by atoms with E-state index in [0.29, 0.717) is 16.9 Å². The van der Waals surface area contributed by atoms with Crippen molar-refractivity contribution in [1.82, 2.24) is 10.7 Å². The van der Waals surface area contributed by atoms with Crippen molar-refractivity contribution in [3.63, 3.8) is 0 Å². The molecule has 0 radical (unpaired) electrons. The van der Waals surface area contributed by atoms with Crippen LogP contribution in [0.15, 0.2) is 77.9 Å².